The highest BCUT2D eigenvalue weighted by atomic mass is 16.6. The van der Waals surface area contributed by atoms with Gasteiger partial charge in [0.05, 0.1) is 12.6 Å². The Morgan fingerprint density at radius 3 is 2.77 bits per heavy atom. The number of hydrogen-bond donors (Lipinski definition) is 2. The SMILES string of the molecule is CC(C)N(CCO)C(=O)N[C@H]1CC(=O)N(c2ccc3c(c2)OCCO3)C1. The fourth-order valence-corrected chi connectivity index (χ4v) is 3.21. The fourth-order valence-electron chi connectivity index (χ4n) is 3.21. The van der Waals surface area contributed by atoms with Crippen LogP contribution in [0.3, 0.4) is 0 Å². The van der Waals surface area contributed by atoms with Gasteiger partial charge in [0.25, 0.3) is 0 Å². The molecular weight excluding hydrogens is 338 g/mol. The minimum Gasteiger partial charge on any atom is -0.486 e. The van der Waals surface area contributed by atoms with E-state index in [0.29, 0.717) is 31.3 Å². The quantitative estimate of drug-likeness (QED) is 0.814. The third kappa shape index (κ3) is 3.85. The van der Waals surface area contributed by atoms with Gasteiger partial charge in [0.15, 0.2) is 11.5 Å². The Hall–Kier alpha value is -2.48. The highest BCUT2D eigenvalue weighted by Crippen LogP contribution is 2.35. The van der Waals surface area contributed by atoms with Crippen LogP contribution in [0, 0.1) is 0 Å². The normalized spacial score (nSPS) is 19.0. The molecule has 0 aromatic heterocycles. The van der Waals surface area contributed by atoms with E-state index in [1.165, 1.54) is 0 Å². The van der Waals surface area contributed by atoms with Crippen LogP contribution in [0.1, 0.15) is 20.3 Å². The first kappa shape index (κ1) is 18.3. The standard InChI is InChI=1S/C18H25N3O5/c1-12(2)20(5-6-22)18(24)19-13-9-17(23)21(11-13)14-3-4-15-16(10-14)26-8-7-25-15/h3-4,10,12-13,22H,5-9,11H2,1-2H3,(H,19,24)/t13-/m0/s1. The van der Waals surface area contributed by atoms with Gasteiger partial charge < -0.3 is 29.7 Å². The van der Waals surface area contributed by atoms with Gasteiger partial charge in [0.1, 0.15) is 13.2 Å². The molecule has 2 aliphatic heterocycles. The first-order chi connectivity index (χ1) is 12.5. The predicted octanol–water partition coefficient (Wildman–Crippen LogP) is 0.975. The maximum atomic E-state index is 12.4. The van der Waals surface area contributed by atoms with Crippen molar-refractivity contribution in [3.63, 3.8) is 0 Å². The molecule has 1 aromatic rings. The van der Waals surface area contributed by atoms with Crippen LogP contribution < -0.4 is 19.7 Å². The molecular formula is C18H25N3O5. The number of carbonyl (C=O) groups is 2. The number of hydrogen-bond acceptors (Lipinski definition) is 5. The molecule has 8 nitrogen and oxygen atoms in total. The van der Waals surface area contributed by atoms with Gasteiger partial charge in [-0.25, -0.2) is 4.79 Å². The Morgan fingerprint density at radius 1 is 1.35 bits per heavy atom. The van der Waals surface area contributed by atoms with Crippen LogP contribution in [0.5, 0.6) is 11.5 Å². The molecule has 2 heterocycles. The van der Waals surface area contributed by atoms with E-state index in [-0.39, 0.29) is 43.6 Å². The summed E-state index contributed by atoms with van der Waals surface area (Å²) in [7, 11) is 0. The van der Waals surface area contributed by atoms with E-state index in [2.05, 4.69) is 5.32 Å². The van der Waals surface area contributed by atoms with E-state index >= 15 is 0 Å². The number of urea groups is 1. The number of aliphatic hydroxyl groups is 1. The fraction of sp³-hybridized carbons (Fsp3) is 0.556. The molecule has 0 spiro atoms. The topological polar surface area (TPSA) is 91.3 Å². The van der Waals surface area contributed by atoms with Gasteiger partial charge in [-0.1, -0.05) is 0 Å². The van der Waals surface area contributed by atoms with E-state index in [9.17, 15) is 9.59 Å². The molecule has 1 aromatic carbocycles. The van der Waals surface area contributed by atoms with Gasteiger partial charge >= 0.3 is 6.03 Å². The Balaban J connectivity index is 1.66. The van der Waals surface area contributed by atoms with E-state index in [0.717, 1.165) is 5.69 Å². The van der Waals surface area contributed by atoms with Crippen LogP contribution in [0.15, 0.2) is 18.2 Å². The number of amides is 3. The average molecular weight is 363 g/mol. The van der Waals surface area contributed by atoms with E-state index < -0.39 is 0 Å². The van der Waals surface area contributed by atoms with Gasteiger partial charge in [0.2, 0.25) is 5.91 Å². The highest BCUT2D eigenvalue weighted by Gasteiger charge is 2.33. The molecule has 1 atom stereocenters. The largest absolute Gasteiger partial charge is 0.486 e. The lowest BCUT2D eigenvalue weighted by Gasteiger charge is -2.27. The van der Waals surface area contributed by atoms with Gasteiger partial charge in [-0.2, -0.15) is 0 Å². The first-order valence-corrected chi connectivity index (χ1v) is 8.87. The summed E-state index contributed by atoms with van der Waals surface area (Å²) in [4.78, 5) is 28.0. The van der Waals surface area contributed by atoms with Crippen molar-refractivity contribution in [2.24, 2.45) is 0 Å². The van der Waals surface area contributed by atoms with Crippen molar-refractivity contribution in [3.05, 3.63) is 18.2 Å². The predicted molar refractivity (Wildman–Crippen MR) is 95.6 cm³/mol. The second-order valence-corrected chi connectivity index (χ2v) is 6.69. The highest BCUT2D eigenvalue weighted by molar-refractivity contribution is 5.97. The van der Waals surface area contributed by atoms with Crippen molar-refractivity contribution >= 4 is 17.6 Å². The number of fused-ring (bicyclic) bond motifs is 1. The third-order valence-electron chi connectivity index (χ3n) is 4.52. The second kappa shape index (κ2) is 7.82. The lowest BCUT2D eigenvalue weighted by molar-refractivity contribution is -0.117. The zero-order valence-corrected chi connectivity index (χ0v) is 15.1. The molecule has 3 rings (SSSR count). The molecule has 0 unspecified atom stereocenters. The number of nitrogens with one attached hydrogen (secondary N) is 1. The Morgan fingerprint density at radius 2 is 2.08 bits per heavy atom. The van der Waals surface area contributed by atoms with Crippen molar-refractivity contribution in [1.82, 2.24) is 10.2 Å². The number of benzene rings is 1. The smallest absolute Gasteiger partial charge is 0.318 e. The van der Waals surface area contributed by atoms with Crippen molar-refractivity contribution in [3.8, 4) is 11.5 Å². The molecule has 2 aliphatic rings. The number of ether oxygens (including phenoxy) is 2. The summed E-state index contributed by atoms with van der Waals surface area (Å²) >= 11 is 0. The molecule has 0 bridgehead atoms. The Labute approximate surface area is 152 Å². The molecule has 26 heavy (non-hydrogen) atoms. The summed E-state index contributed by atoms with van der Waals surface area (Å²) in [6, 6.07) is 4.84. The molecule has 2 N–H and O–H groups in total. The lowest BCUT2D eigenvalue weighted by atomic mass is 10.2. The van der Waals surface area contributed by atoms with Gasteiger partial charge in [0, 0.05) is 37.3 Å². The summed E-state index contributed by atoms with van der Waals surface area (Å²) in [5.74, 6) is 1.25. The molecule has 8 heteroatoms. The summed E-state index contributed by atoms with van der Waals surface area (Å²) in [6.45, 7) is 5.33. The average Bonchev–Trinajstić information content (AvgIpc) is 2.99. The van der Waals surface area contributed by atoms with Gasteiger partial charge in [-0.15, -0.1) is 0 Å². The number of rotatable bonds is 5. The molecule has 1 saturated heterocycles. The molecule has 3 amide bonds. The van der Waals surface area contributed by atoms with Crippen LogP contribution in [0.25, 0.3) is 0 Å². The second-order valence-electron chi connectivity index (χ2n) is 6.69. The first-order valence-electron chi connectivity index (χ1n) is 8.87. The van der Waals surface area contributed by atoms with Gasteiger partial charge in [-0.05, 0) is 26.0 Å². The van der Waals surface area contributed by atoms with Crippen LogP contribution in [0.4, 0.5) is 10.5 Å². The van der Waals surface area contributed by atoms with Crippen LogP contribution in [-0.2, 0) is 4.79 Å². The van der Waals surface area contributed by atoms with E-state index in [4.69, 9.17) is 14.6 Å². The molecule has 0 aliphatic carbocycles. The van der Waals surface area contributed by atoms with Crippen molar-refractivity contribution in [2.45, 2.75) is 32.4 Å². The van der Waals surface area contributed by atoms with E-state index in [1.54, 1.807) is 21.9 Å². The molecule has 1 fully saturated rings. The lowest BCUT2D eigenvalue weighted by Crippen LogP contribution is -2.49. The Kier molecular flexibility index (Phi) is 5.51. The summed E-state index contributed by atoms with van der Waals surface area (Å²) in [5.41, 5.74) is 0.729. The maximum absolute atomic E-state index is 12.4. The molecule has 0 radical (unpaired) electrons. The van der Waals surface area contributed by atoms with Crippen LogP contribution >= 0.6 is 0 Å². The monoisotopic (exact) mass is 363 g/mol. The third-order valence-corrected chi connectivity index (χ3v) is 4.52. The van der Waals surface area contributed by atoms with E-state index in [1.807, 2.05) is 19.9 Å². The minimum atomic E-state index is -0.275. The Bertz CT molecular complexity index is 679. The van der Waals surface area contributed by atoms with Crippen LogP contribution in [-0.4, -0.2) is 66.9 Å². The zero-order chi connectivity index (χ0) is 18.7. The van der Waals surface area contributed by atoms with Gasteiger partial charge in [-0.3, -0.25) is 4.79 Å². The van der Waals surface area contributed by atoms with Crippen molar-refractivity contribution in [1.29, 1.82) is 0 Å². The van der Waals surface area contributed by atoms with Crippen molar-refractivity contribution in [2.75, 3.05) is 37.8 Å². The number of anilines is 1. The number of carbonyl (C=O) groups excluding carboxylic acids is 2. The zero-order valence-electron chi connectivity index (χ0n) is 15.1. The summed E-state index contributed by atoms with van der Waals surface area (Å²) in [5, 5.41) is 12.0. The molecule has 142 valence electrons. The van der Waals surface area contributed by atoms with Crippen molar-refractivity contribution < 1.29 is 24.2 Å². The molecule has 0 saturated carbocycles. The number of nitrogens with zero attached hydrogens (tertiary/aromatic N) is 2. The maximum Gasteiger partial charge on any atom is 0.318 e. The van der Waals surface area contributed by atoms with Crippen LogP contribution in [0.2, 0.25) is 0 Å². The minimum absolute atomic E-state index is 0.0341. The summed E-state index contributed by atoms with van der Waals surface area (Å²) < 4.78 is 11.1. The number of aliphatic hydroxyl groups excluding tert-OH is 1. The summed E-state index contributed by atoms with van der Waals surface area (Å²) in [6.07, 6.45) is 0.241.